The Hall–Kier alpha value is -1.82. The zero-order valence-electron chi connectivity index (χ0n) is 11.0. The predicted octanol–water partition coefficient (Wildman–Crippen LogP) is 1.44. The number of aromatic nitrogens is 4. The van der Waals surface area contributed by atoms with Gasteiger partial charge in [-0.1, -0.05) is 0 Å². The van der Waals surface area contributed by atoms with Crippen LogP contribution in [0.15, 0.2) is 24.7 Å². The molecule has 2 heterocycles. The van der Waals surface area contributed by atoms with E-state index < -0.39 is 0 Å². The molecule has 2 aromatic rings. The topological polar surface area (TPSA) is 56.9 Å². The van der Waals surface area contributed by atoms with Crippen molar-refractivity contribution in [3.05, 3.63) is 30.4 Å². The van der Waals surface area contributed by atoms with E-state index in [1.807, 2.05) is 25.5 Å². The van der Waals surface area contributed by atoms with Crippen LogP contribution in [0.3, 0.4) is 0 Å². The molecular formula is C12H19N5O. The summed E-state index contributed by atoms with van der Waals surface area (Å²) < 4.78 is 9.01. The van der Waals surface area contributed by atoms with Gasteiger partial charge in [0.25, 0.3) is 0 Å². The third-order valence-corrected chi connectivity index (χ3v) is 2.75. The minimum Gasteiger partial charge on any atom is -0.383 e. The highest BCUT2D eigenvalue weighted by Gasteiger charge is 2.09. The fourth-order valence-corrected chi connectivity index (χ4v) is 1.85. The van der Waals surface area contributed by atoms with Crippen molar-refractivity contribution in [1.82, 2.24) is 19.3 Å². The van der Waals surface area contributed by atoms with Gasteiger partial charge in [0.2, 0.25) is 5.95 Å². The number of anilines is 1. The molecule has 0 radical (unpaired) electrons. The highest BCUT2D eigenvalue weighted by Crippen LogP contribution is 2.14. The lowest BCUT2D eigenvalue weighted by atomic mass is 10.3. The first-order chi connectivity index (χ1) is 8.70. The number of ether oxygens (including phenoxy) is 1. The van der Waals surface area contributed by atoms with Crippen LogP contribution in [0, 0.1) is 0 Å². The standard InChI is InChI=1S/C12H19N5O/c1-10(9-18-3)17-7-5-13-12(17)14-8-11-4-6-16(2)15-11/h4-7,10H,8-9H2,1-3H3,(H,13,14). The van der Waals surface area contributed by atoms with Crippen LogP contribution in [0.5, 0.6) is 0 Å². The average molecular weight is 249 g/mol. The molecule has 1 unspecified atom stereocenters. The molecule has 1 atom stereocenters. The lowest BCUT2D eigenvalue weighted by molar-refractivity contribution is 0.163. The molecule has 0 amide bonds. The lowest BCUT2D eigenvalue weighted by Crippen LogP contribution is -2.14. The molecule has 0 bridgehead atoms. The molecule has 2 rings (SSSR count). The first kappa shape index (κ1) is 12.6. The monoisotopic (exact) mass is 249 g/mol. The van der Waals surface area contributed by atoms with Crippen molar-refractivity contribution in [2.45, 2.75) is 19.5 Å². The van der Waals surface area contributed by atoms with E-state index in [9.17, 15) is 0 Å². The van der Waals surface area contributed by atoms with Crippen LogP contribution < -0.4 is 5.32 Å². The van der Waals surface area contributed by atoms with Gasteiger partial charge in [-0.2, -0.15) is 5.10 Å². The molecule has 1 N–H and O–H groups in total. The molecule has 2 aromatic heterocycles. The summed E-state index contributed by atoms with van der Waals surface area (Å²) >= 11 is 0. The minimum atomic E-state index is 0.253. The van der Waals surface area contributed by atoms with E-state index in [2.05, 4.69) is 26.9 Å². The predicted molar refractivity (Wildman–Crippen MR) is 69.3 cm³/mol. The third kappa shape index (κ3) is 2.89. The van der Waals surface area contributed by atoms with Crippen LogP contribution >= 0.6 is 0 Å². The Labute approximate surface area is 107 Å². The van der Waals surface area contributed by atoms with Crippen molar-refractivity contribution in [1.29, 1.82) is 0 Å². The van der Waals surface area contributed by atoms with Crippen molar-refractivity contribution in [2.75, 3.05) is 19.0 Å². The number of imidazole rings is 1. The molecule has 0 aliphatic carbocycles. The number of aryl methyl sites for hydroxylation is 1. The van der Waals surface area contributed by atoms with E-state index in [1.165, 1.54) is 0 Å². The largest absolute Gasteiger partial charge is 0.383 e. The molecule has 0 aliphatic rings. The zero-order valence-corrected chi connectivity index (χ0v) is 11.0. The Balaban J connectivity index is 1.99. The molecule has 18 heavy (non-hydrogen) atoms. The van der Waals surface area contributed by atoms with E-state index in [-0.39, 0.29) is 6.04 Å². The quantitative estimate of drug-likeness (QED) is 0.841. The summed E-state index contributed by atoms with van der Waals surface area (Å²) in [7, 11) is 3.61. The van der Waals surface area contributed by atoms with Crippen molar-refractivity contribution >= 4 is 5.95 Å². The number of hydrogen-bond acceptors (Lipinski definition) is 4. The molecule has 6 nitrogen and oxygen atoms in total. The number of hydrogen-bond donors (Lipinski definition) is 1. The summed E-state index contributed by atoms with van der Waals surface area (Å²) in [6.07, 6.45) is 5.66. The third-order valence-electron chi connectivity index (χ3n) is 2.75. The van der Waals surface area contributed by atoms with Crippen molar-refractivity contribution in [2.24, 2.45) is 7.05 Å². The highest BCUT2D eigenvalue weighted by atomic mass is 16.5. The van der Waals surface area contributed by atoms with Crippen molar-refractivity contribution in [3.8, 4) is 0 Å². The molecular weight excluding hydrogens is 230 g/mol. The second-order valence-corrected chi connectivity index (χ2v) is 4.30. The SMILES string of the molecule is COCC(C)n1ccnc1NCc1ccn(C)n1. The average Bonchev–Trinajstić information content (AvgIpc) is 2.95. The van der Waals surface area contributed by atoms with Gasteiger partial charge in [-0.15, -0.1) is 0 Å². The Morgan fingerprint density at radius 2 is 2.28 bits per heavy atom. The molecule has 0 saturated carbocycles. The molecule has 0 aliphatic heterocycles. The highest BCUT2D eigenvalue weighted by molar-refractivity contribution is 5.27. The van der Waals surface area contributed by atoms with Gasteiger partial charge in [0, 0.05) is 32.7 Å². The van der Waals surface area contributed by atoms with Gasteiger partial charge in [0.15, 0.2) is 0 Å². The molecule has 0 saturated heterocycles. The fraction of sp³-hybridized carbons (Fsp3) is 0.500. The number of methoxy groups -OCH3 is 1. The van der Waals surface area contributed by atoms with E-state index in [0.29, 0.717) is 13.2 Å². The van der Waals surface area contributed by atoms with Crippen LogP contribution in [0.4, 0.5) is 5.95 Å². The second-order valence-electron chi connectivity index (χ2n) is 4.30. The molecule has 0 aromatic carbocycles. The van der Waals surface area contributed by atoms with Gasteiger partial charge < -0.3 is 14.6 Å². The molecule has 0 spiro atoms. The van der Waals surface area contributed by atoms with E-state index in [0.717, 1.165) is 11.6 Å². The minimum absolute atomic E-state index is 0.253. The van der Waals surface area contributed by atoms with E-state index >= 15 is 0 Å². The second kappa shape index (κ2) is 5.68. The van der Waals surface area contributed by atoms with E-state index in [4.69, 9.17) is 4.74 Å². The summed E-state index contributed by atoms with van der Waals surface area (Å²) in [5, 5.41) is 7.60. The molecule has 0 fully saturated rings. The fourth-order valence-electron chi connectivity index (χ4n) is 1.85. The number of rotatable bonds is 6. The summed E-state index contributed by atoms with van der Waals surface area (Å²) in [6.45, 7) is 3.42. The van der Waals surface area contributed by atoms with Gasteiger partial charge in [-0.3, -0.25) is 4.68 Å². The molecule has 98 valence electrons. The van der Waals surface area contributed by atoms with Gasteiger partial charge in [0.05, 0.1) is 24.9 Å². The van der Waals surface area contributed by atoms with Gasteiger partial charge in [-0.05, 0) is 13.0 Å². The van der Waals surface area contributed by atoms with Gasteiger partial charge >= 0.3 is 0 Å². The summed E-state index contributed by atoms with van der Waals surface area (Å²) in [4.78, 5) is 4.30. The zero-order chi connectivity index (χ0) is 13.0. The Morgan fingerprint density at radius 3 is 2.94 bits per heavy atom. The summed E-state index contributed by atoms with van der Waals surface area (Å²) in [6, 6.07) is 2.24. The Morgan fingerprint density at radius 1 is 1.44 bits per heavy atom. The van der Waals surface area contributed by atoms with Gasteiger partial charge in [0.1, 0.15) is 0 Å². The maximum absolute atomic E-state index is 5.16. The lowest BCUT2D eigenvalue weighted by Gasteiger charge is -2.15. The first-order valence-corrected chi connectivity index (χ1v) is 5.95. The van der Waals surface area contributed by atoms with Crippen molar-refractivity contribution in [3.63, 3.8) is 0 Å². The van der Waals surface area contributed by atoms with Crippen molar-refractivity contribution < 1.29 is 4.74 Å². The van der Waals surface area contributed by atoms with E-state index in [1.54, 1.807) is 18.0 Å². The van der Waals surface area contributed by atoms with Crippen LogP contribution in [0.2, 0.25) is 0 Å². The normalized spacial score (nSPS) is 12.6. The van der Waals surface area contributed by atoms with Crippen LogP contribution in [-0.2, 0) is 18.3 Å². The molecule has 6 heteroatoms. The van der Waals surface area contributed by atoms with Crippen LogP contribution in [0.25, 0.3) is 0 Å². The summed E-state index contributed by atoms with van der Waals surface area (Å²) in [5.74, 6) is 0.838. The maximum Gasteiger partial charge on any atom is 0.203 e. The first-order valence-electron chi connectivity index (χ1n) is 5.95. The number of nitrogens with one attached hydrogen (secondary N) is 1. The Bertz CT molecular complexity index is 490. The summed E-state index contributed by atoms with van der Waals surface area (Å²) in [5.41, 5.74) is 0.992. The Kier molecular flexibility index (Phi) is 3.99. The maximum atomic E-state index is 5.16. The smallest absolute Gasteiger partial charge is 0.203 e. The van der Waals surface area contributed by atoms with Gasteiger partial charge in [-0.25, -0.2) is 4.98 Å². The number of nitrogens with zero attached hydrogens (tertiary/aromatic N) is 4. The van der Waals surface area contributed by atoms with Crippen LogP contribution in [-0.4, -0.2) is 33.0 Å². The van der Waals surface area contributed by atoms with Crippen LogP contribution in [0.1, 0.15) is 18.7 Å².